The van der Waals surface area contributed by atoms with Crippen molar-refractivity contribution in [1.29, 1.82) is 0 Å². The molecule has 0 aromatic heterocycles. The van der Waals surface area contributed by atoms with Crippen LogP contribution >= 0.6 is 0 Å². The van der Waals surface area contributed by atoms with Gasteiger partial charge in [-0.15, -0.1) is 0 Å². The average molecular weight is 134 g/mol. The Balaban J connectivity index is 2.20. The number of rotatable bonds is 0. The fourth-order valence-electron chi connectivity index (χ4n) is 1.65. The second kappa shape index (κ2) is 2.59. The smallest absolute Gasteiger partial charge is 0.0317 e. The van der Waals surface area contributed by atoms with Crippen LogP contribution in [-0.2, 0) is 0 Å². The van der Waals surface area contributed by atoms with Gasteiger partial charge in [0.25, 0.3) is 0 Å². The van der Waals surface area contributed by atoms with Crippen molar-refractivity contribution in [2.24, 2.45) is 5.92 Å². The van der Waals surface area contributed by atoms with E-state index < -0.39 is 0 Å². The Morgan fingerprint density at radius 1 is 1.50 bits per heavy atom. The minimum Gasteiger partial charge on any atom is -0.237 e. The lowest BCUT2D eigenvalue weighted by Gasteiger charge is -2.23. The summed E-state index contributed by atoms with van der Waals surface area (Å²) < 4.78 is 0. The van der Waals surface area contributed by atoms with Crippen LogP contribution in [0.1, 0.15) is 12.8 Å². The minimum atomic E-state index is 0.669. The largest absolute Gasteiger partial charge is 0.237 e. The van der Waals surface area contributed by atoms with Crippen molar-refractivity contribution >= 4 is 0 Å². The van der Waals surface area contributed by atoms with Crippen molar-refractivity contribution in [3.8, 4) is 0 Å². The van der Waals surface area contributed by atoms with Crippen LogP contribution in [0.4, 0.5) is 0 Å². The Labute approximate surface area is 61.8 Å². The van der Waals surface area contributed by atoms with Crippen LogP contribution in [0.5, 0.6) is 0 Å². The number of nitrogens with zero attached hydrogens (tertiary/aromatic N) is 1. The molecular formula is C9H12N. The number of allylic oxidation sites excluding steroid dienone is 1. The fraction of sp³-hybridized carbons (Fsp3) is 0.556. The second-order valence-electron chi connectivity index (χ2n) is 2.94. The Morgan fingerprint density at radius 3 is 3.40 bits per heavy atom. The third-order valence-corrected chi connectivity index (χ3v) is 2.25. The molecule has 1 atom stereocenters. The highest BCUT2D eigenvalue weighted by Crippen LogP contribution is 2.24. The first-order valence-corrected chi connectivity index (χ1v) is 3.95. The van der Waals surface area contributed by atoms with Gasteiger partial charge in [-0.25, -0.2) is 5.32 Å². The lowest BCUT2D eigenvalue weighted by atomic mass is 9.88. The van der Waals surface area contributed by atoms with Crippen LogP contribution in [0.3, 0.4) is 0 Å². The predicted molar refractivity (Wildman–Crippen MR) is 41.8 cm³/mol. The molecule has 0 aromatic rings. The van der Waals surface area contributed by atoms with Crippen LogP contribution in [-0.4, -0.2) is 13.1 Å². The van der Waals surface area contributed by atoms with Crippen LogP contribution in [0.2, 0.25) is 0 Å². The van der Waals surface area contributed by atoms with Gasteiger partial charge in [-0.2, -0.15) is 0 Å². The Kier molecular flexibility index (Phi) is 1.60. The van der Waals surface area contributed by atoms with E-state index in [0.29, 0.717) is 5.92 Å². The Hall–Kier alpha value is -0.560. The van der Waals surface area contributed by atoms with Crippen LogP contribution in [0.25, 0.3) is 0 Å². The van der Waals surface area contributed by atoms with E-state index in [1.165, 1.54) is 12.8 Å². The molecule has 0 N–H and O–H groups in total. The maximum absolute atomic E-state index is 4.33. The van der Waals surface area contributed by atoms with E-state index >= 15 is 0 Å². The van der Waals surface area contributed by atoms with Crippen molar-refractivity contribution in [1.82, 2.24) is 5.32 Å². The van der Waals surface area contributed by atoms with E-state index in [9.17, 15) is 0 Å². The summed E-state index contributed by atoms with van der Waals surface area (Å²) in [5.74, 6) is 0.669. The fourth-order valence-corrected chi connectivity index (χ4v) is 1.65. The highest BCUT2D eigenvalue weighted by atomic mass is 14.9. The van der Waals surface area contributed by atoms with Gasteiger partial charge >= 0.3 is 0 Å². The zero-order chi connectivity index (χ0) is 6.81. The third-order valence-electron chi connectivity index (χ3n) is 2.25. The van der Waals surface area contributed by atoms with Crippen molar-refractivity contribution in [3.05, 3.63) is 23.8 Å². The molecule has 1 radical (unpaired) electrons. The molecule has 1 aliphatic carbocycles. The molecule has 1 heteroatoms. The van der Waals surface area contributed by atoms with Gasteiger partial charge in [0.15, 0.2) is 0 Å². The number of fused-ring (bicyclic) bond motifs is 1. The molecule has 0 saturated heterocycles. The standard InChI is InChI=1S/C9H12N/c1-2-4-9-7-10-6-5-8(9)3-1/h2,4-5,9H,1,3,6-7H2. The van der Waals surface area contributed by atoms with Gasteiger partial charge in [0.1, 0.15) is 0 Å². The SMILES string of the molecule is C1=CC2C[N]CC=C2CC1. The van der Waals surface area contributed by atoms with E-state index in [1.54, 1.807) is 5.57 Å². The summed E-state index contributed by atoms with van der Waals surface area (Å²) in [5.41, 5.74) is 1.62. The van der Waals surface area contributed by atoms with Crippen molar-refractivity contribution in [2.45, 2.75) is 12.8 Å². The van der Waals surface area contributed by atoms with E-state index in [4.69, 9.17) is 0 Å². The predicted octanol–water partition coefficient (Wildman–Crippen LogP) is 1.50. The van der Waals surface area contributed by atoms with Gasteiger partial charge in [0, 0.05) is 19.0 Å². The highest BCUT2D eigenvalue weighted by Gasteiger charge is 2.16. The topological polar surface area (TPSA) is 14.1 Å². The summed E-state index contributed by atoms with van der Waals surface area (Å²) in [6, 6.07) is 0. The monoisotopic (exact) mass is 134 g/mol. The van der Waals surface area contributed by atoms with Crippen molar-refractivity contribution in [3.63, 3.8) is 0 Å². The van der Waals surface area contributed by atoms with E-state index in [0.717, 1.165) is 13.1 Å². The van der Waals surface area contributed by atoms with Gasteiger partial charge in [-0.05, 0) is 12.8 Å². The van der Waals surface area contributed by atoms with E-state index in [1.807, 2.05) is 0 Å². The quantitative estimate of drug-likeness (QED) is 0.446. The first-order valence-electron chi connectivity index (χ1n) is 3.95. The molecule has 2 rings (SSSR count). The minimum absolute atomic E-state index is 0.669. The van der Waals surface area contributed by atoms with Gasteiger partial charge in [0.05, 0.1) is 0 Å². The van der Waals surface area contributed by atoms with Gasteiger partial charge in [-0.3, -0.25) is 0 Å². The maximum Gasteiger partial charge on any atom is 0.0317 e. The molecule has 0 fully saturated rings. The first kappa shape index (κ1) is 6.17. The first-order chi connectivity index (χ1) is 4.97. The Bertz CT molecular complexity index is 179. The second-order valence-corrected chi connectivity index (χ2v) is 2.94. The molecule has 2 aliphatic rings. The zero-order valence-electron chi connectivity index (χ0n) is 6.09. The summed E-state index contributed by atoms with van der Waals surface area (Å²) in [6.45, 7) is 1.99. The molecule has 0 bridgehead atoms. The van der Waals surface area contributed by atoms with E-state index in [-0.39, 0.29) is 0 Å². The summed E-state index contributed by atoms with van der Waals surface area (Å²) >= 11 is 0. The zero-order valence-corrected chi connectivity index (χ0v) is 6.09. The maximum atomic E-state index is 4.33. The Morgan fingerprint density at radius 2 is 2.50 bits per heavy atom. The summed E-state index contributed by atoms with van der Waals surface area (Å²) in [5, 5.41) is 4.33. The third kappa shape index (κ3) is 1.01. The summed E-state index contributed by atoms with van der Waals surface area (Å²) in [7, 11) is 0. The molecule has 1 nitrogen and oxygen atoms in total. The molecule has 0 saturated carbocycles. The van der Waals surface area contributed by atoms with Crippen molar-refractivity contribution in [2.75, 3.05) is 13.1 Å². The lowest BCUT2D eigenvalue weighted by molar-refractivity contribution is 0.567. The van der Waals surface area contributed by atoms with Crippen LogP contribution in [0, 0.1) is 5.92 Å². The molecule has 53 valence electrons. The molecule has 0 aromatic carbocycles. The molecule has 0 spiro atoms. The number of hydrogen-bond donors (Lipinski definition) is 0. The van der Waals surface area contributed by atoms with Crippen LogP contribution < -0.4 is 5.32 Å². The molecule has 1 heterocycles. The molecule has 1 unspecified atom stereocenters. The van der Waals surface area contributed by atoms with Gasteiger partial charge in [-0.1, -0.05) is 23.8 Å². The van der Waals surface area contributed by atoms with Crippen molar-refractivity contribution < 1.29 is 0 Å². The molecular weight excluding hydrogens is 122 g/mol. The summed E-state index contributed by atoms with van der Waals surface area (Å²) in [6.07, 6.45) is 9.39. The normalized spacial score (nSPS) is 31.2. The average Bonchev–Trinajstić information content (AvgIpc) is 2.05. The number of hydrogen-bond acceptors (Lipinski definition) is 0. The molecule has 0 amide bonds. The molecule has 10 heavy (non-hydrogen) atoms. The van der Waals surface area contributed by atoms with Gasteiger partial charge in [0.2, 0.25) is 0 Å². The van der Waals surface area contributed by atoms with Gasteiger partial charge < -0.3 is 0 Å². The highest BCUT2D eigenvalue weighted by molar-refractivity contribution is 5.21. The molecule has 1 aliphatic heterocycles. The lowest BCUT2D eigenvalue weighted by Crippen LogP contribution is -2.24. The van der Waals surface area contributed by atoms with E-state index in [2.05, 4.69) is 23.5 Å². The summed E-state index contributed by atoms with van der Waals surface area (Å²) in [4.78, 5) is 0. The van der Waals surface area contributed by atoms with Crippen LogP contribution in [0.15, 0.2) is 23.8 Å².